The number of hydrogen-bond acceptors (Lipinski definition) is 3. The number of sulfone groups is 1. The van der Waals surface area contributed by atoms with E-state index >= 15 is 0 Å². The first-order valence-corrected chi connectivity index (χ1v) is 7.53. The van der Waals surface area contributed by atoms with E-state index in [2.05, 4.69) is 4.98 Å². The van der Waals surface area contributed by atoms with E-state index in [0.29, 0.717) is 17.0 Å². The highest BCUT2D eigenvalue weighted by atomic mass is 35.5. The molecule has 5 heteroatoms. The van der Waals surface area contributed by atoms with E-state index in [9.17, 15) is 8.42 Å². The molecule has 2 aromatic rings. The Hall–Kier alpha value is -1.13. The quantitative estimate of drug-likeness (QED) is 0.736. The molecule has 3 rings (SSSR count). The molecule has 0 amide bonds. The zero-order valence-electron chi connectivity index (χ0n) is 8.98. The highest BCUT2D eigenvalue weighted by Gasteiger charge is 2.25. The fraction of sp³-hybridized carbons (Fsp3) is 0.250. The van der Waals surface area contributed by atoms with E-state index in [0.717, 1.165) is 16.6 Å². The zero-order valence-corrected chi connectivity index (χ0v) is 10.6. The molecule has 2 heterocycles. The molecule has 0 fully saturated rings. The number of para-hydroxylation sites is 1. The Balaban J connectivity index is 2.34. The Morgan fingerprint density at radius 2 is 2.00 bits per heavy atom. The van der Waals surface area contributed by atoms with Crippen molar-refractivity contribution >= 4 is 32.3 Å². The van der Waals surface area contributed by atoms with Gasteiger partial charge in [-0.1, -0.05) is 29.8 Å². The lowest BCUT2D eigenvalue weighted by atomic mass is 10.1. The third-order valence-corrected chi connectivity index (χ3v) is 5.01. The maximum absolute atomic E-state index is 11.6. The van der Waals surface area contributed by atoms with E-state index in [1.54, 1.807) is 0 Å². The largest absolute Gasteiger partial charge is 0.252 e. The topological polar surface area (TPSA) is 47.0 Å². The van der Waals surface area contributed by atoms with Crippen LogP contribution in [0.3, 0.4) is 0 Å². The first-order chi connectivity index (χ1) is 8.07. The first-order valence-electron chi connectivity index (χ1n) is 5.33. The summed E-state index contributed by atoms with van der Waals surface area (Å²) in [5, 5.41) is 1.36. The highest BCUT2D eigenvalue weighted by Crippen LogP contribution is 2.32. The van der Waals surface area contributed by atoms with Crippen LogP contribution in [0.15, 0.2) is 24.3 Å². The molecule has 0 bridgehead atoms. The van der Waals surface area contributed by atoms with Gasteiger partial charge >= 0.3 is 0 Å². The number of fused-ring (bicyclic) bond motifs is 2. The lowest BCUT2D eigenvalue weighted by molar-refractivity contribution is 0.591. The van der Waals surface area contributed by atoms with Crippen LogP contribution in [0, 0.1) is 0 Å². The second-order valence-electron chi connectivity index (χ2n) is 4.21. The molecule has 0 radical (unpaired) electrons. The molecule has 3 nitrogen and oxygen atoms in total. The van der Waals surface area contributed by atoms with E-state index in [-0.39, 0.29) is 11.5 Å². The number of aromatic nitrogens is 1. The van der Waals surface area contributed by atoms with Crippen molar-refractivity contribution in [3.8, 4) is 0 Å². The summed E-state index contributed by atoms with van der Waals surface area (Å²) in [6.45, 7) is 0. The second-order valence-corrected chi connectivity index (χ2v) is 6.77. The molecule has 0 N–H and O–H groups in total. The van der Waals surface area contributed by atoms with Crippen LogP contribution in [0.2, 0.25) is 5.02 Å². The molecular formula is C12H10ClNO2S. The van der Waals surface area contributed by atoms with Crippen LogP contribution in [-0.2, 0) is 22.0 Å². The molecule has 0 atom stereocenters. The first kappa shape index (κ1) is 11.0. The lowest BCUT2D eigenvalue weighted by Gasteiger charge is -2.18. The van der Waals surface area contributed by atoms with Crippen molar-refractivity contribution < 1.29 is 8.42 Å². The maximum Gasteiger partial charge on any atom is 0.154 e. The molecule has 0 spiro atoms. The van der Waals surface area contributed by atoms with Crippen molar-refractivity contribution in [2.24, 2.45) is 0 Å². The summed E-state index contributed by atoms with van der Waals surface area (Å²) in [5.74, 6) is 0.181. The molecular weight excluding hydrogens is 258 g/mol. The minimum atomic E-state index is -3.01. The fourth-order valence-corrected chi connectivity index (χ4v) is 3.97. The van der Waals surface area contributed by atoms with E-state index in [4.69, 9.17) is 11.6 Å². The van der Waals surface area contributed by atoms with Gasteiger partial charge in [0.15, 0.2) is 9.84 Å². The summed E-state index contributed by atoms with van der Waals surface area (Å²) in [4.78, 5) is 4.49. The van der Waals surface area contributed by atoms with Crippen molar-refractivity contribution in [3.05, 3.63) is 40.5 Å². The summed E-state index contributed by atoms with van der Waals surface area (Å²) < 4.78 is 23.2. The van der Waals surface area contributed by atoms with Crippen LogP contribution >= 0.6 is 11.6 Å². The maximum atomic E-state index is 11.6. The third kappa shape index (κ3) is 1.81. The van der Waals surface area contributed by atoms with Gasteiger partial charge in [0.05, 0.1) is 22.0 Å². The van der Waals surface area contributed by atoms with E-state index in [1.165, 1.54) is 0 Å². The number of rotatable bonds is 0. The van der Waals surface area contributed by atoms with Crippen molar-refractivity contribution in [2.75, 3.05) is 5.75 Å². The van der Waals surface area contributed by atoms with E-state index < -0.39 is 9.84 Å². The van der Waals surface area contributed by atoms with Crippen molar-refractivity contribution in [1.82, 2.24) is 4.98 Å². The smallest absolute Gasteiger partial charge is 0.154 e. The molecule has 1 aliphatic heterocycles. The standard InChI is InChI=1S/C12H10ClNO2S/c13-12-8-3-1-2-4-10(8)14-11-5-6-17(15,16)7-9(11)12/h1-4H,5-7H2. The average molecular weight is 268 g/mol. The minimum Gasteiger partial charge on any atom is -0.252 e. The van der Waals surface area contributed by atoms with E-state index in [1.807, 2.05) is 24.3 Å². The lowest BCUT2D eigenvalue weighted by Crippen LogP contribution is -2.20. The Kier molecular flexibility index (Phi) is 2.38. The zero-order chi connectivity index (χ0) is 12.0. The number of hydrogen-bond donors (Lipinski definition) is 0. The molecule has 0 saturated carbocycles. The minimum absolute atomic E-state index is 0.0129. The van der Waals surface area contributed by atoms with Gasteiger partial charge in [-0.3, -0.25) is 4.98 Å². The Morgan fingerprint density at radius 1 is 1.24 bits per heavy atom. The number of pyridine rings is 1. The number of benzene rings is 1. The fourth-order valence-electron chi connectivity index (χ4n) is 2.16. The predicted molar refractivity (Wildman–Crippen MR) is 67.9 cm³/mol. The molecule has 1 aliphatic rings. The summed E-state index contributed by atoms with van der Waals surface area (Å²) in [6.07, 6.45) is 0.461. The second kappa shape index (κ2) is 3.68. The molecule has 0 unspecified atom stereocenters. The van der Waals surface area contributed by atoms with Gasteiger partial charge in [-0.25, -0.2) is 8.42 Å². The Bertz CT molecular complexity index is 710. The van der Waals surface area contributed by atoms with Crippen LogP contribution in [0.5, 0.6) is 0 Å². The summed E-state index contributed by atoms with van der Waals surface area (Å²) in [5.41, 5.74) is 2.33. The molecule has 1 aromatic carbocycles. The summed E-state index contributed by atoms with van der Waals surface area (Å²) in [7, 11) is -3.01. The Morgan fingerprint density at radius 3 is 2.82 bits per heavy atom. The van der Waals surface area contributed by atoms with Gasteiger partial charge in [0, 0.05) is 23.1 Å². The number of nitrogens with zero attached hydrogens (tertiary/aromatic N) is 1. The van der Waals surface area contributed by atoms with Crippen LogP contribution in [0.4, 0.5) is 0 Å². The third-order valence-electron chi connectivity index (χ3n) is 3.02. The Labute approximate surface area is 104 Å². The normalized spacial score (nSPS) is 17.9. The van der Waals surface area contributed by atoms with Gasteiger partial charge in [0.2, 0.25) is 0 Å². The van der Waals surface area contributed by atoms with Gasteiger partial charge in [-0.15, -0.1) is 0 Å². The predicted octanol–water partition coefficient (Wildman–Crippen LogP) is 2.36. The molecule has 17 heavy (non-hydrogen) atoms. The molecule has 0 aliphatic carbocycles. The molecule has 0 saturated heterocycles. The van der Waals surface area contributed by atoms with Gasteiger partial charge in [0.1, 0.15) is 0 Å². The van der Waals surface area contributed by atoms with Gasteiger partial charge in [-0.05, 0) is 6.07 Å². The summed E-state index contributed by atoms with van der Waals surface area (Å²) in [6, 6.07) is 7.54. The van der Waals surface area contributed by atoms with Gasteiger partial charge in [0.25, 0.3) is 0 Å². The van der Waals surface area contributed by atoms with Crippen LogP contribution < -0.4 is 0 Å². The van der Waals surface area contributed by atoms with Crippen LogP contribution in [-0.4, -0.2) is 19.2 Å². The van der Waals surface area contributed by atoms with Gasteiger partial charge in [-0.2, -0.15) is 0 Å². The summed E-state index contributed by atoms with van der Waals surface area (Å²) >= 11 is 6.28. The molecule has 88 valence electrons. The van der Waals surface area contributed by atoms with Gasteiger partial charge < -0.3 is 0 Å². The number of aryl methyl sites for hydroxylation is 1. The molecule has 1 aromatic heterocycles. The van der Waals surface area contributed by atoms with Crippen molar-refractivity contribution in [2.45, 2.75) is 12.2 Å². The van der Waals surface area contributed by atoms with Crippen LogP contribution in [0.25, 0.3) is 10.9 Å². The highest BCUT2D eigenvalue weighted by molar-refractivity contribution is 7.90. The van der Waals surface area contributed by atoms with Crippen molar-refractivity contribution in [1.29, 1.82) is 0 Å². The number of halogens is 1. The SMILES string of the molecule is O=S1(=O)CCc2nc3ccccc3c(Cl)c2C1. The van der Waals surface area contributed by atoms with Crippen molar-refractivity contribution in [3.63, 3.8) is 0 Å². The average Bonchev–Trinajstić information content (AvgIpc) is 2.30. The monoisotopic (exact) mass is 267 g/mol. The van der Waals surface area contributed by atoms with Crippen LogP contribution in [0.1, 0.15) is 11.3 Å².